The van der Waals surface area contributed by atoms with Crippen LogP contribution in [0, 0.1) is 0 Å². The Morgan fingerprint density at radius 1 is 0.696 bits per heavy atom. The first-order valence-corrected chi connectivity index (χ1v) is 7.75. The Labute approximate surface area is 133 Å². The van der Waals surface area contributed by atoms with Gasteiger partial charge >= 0.3 is 0 Å². The lowest BCUT2D eigenvalue weighted by atomic mass is 10.00. The Balaban J connectivity index is 1.84. The van der Waals surface area contributed by atoms with E-state index in [9.17, 15) is 0 Å². The van der Waals surface area contributed by atoms with E-state index in [0.29, 0.717) is 0 Å². The maximum Gasteiger partial charge on any atom is 0.0780 e. The molecular weight excluding hydrogens is 280 g/mol. The number of para-hydroxylation sites is 2. The van der Waals surface area contributed by atoms with Crippen LogP contribution in [0.25, 0.3) is 43.8 Å². The zero-order valence-corrected chi connectivity index (χ0v) is 12.5. The fourth-order valence-corrected chi connectivity index (χ4v) is 3.35. The van der Waals surface area contributed by atoms with E-state index >= 15 is 0 Å². The molecule has 0 saturated carbocycles. The molecule has 2 aromatic heterocycles. The van der Waals surface area contributed by atoms with Gasteiger partial charge in [-0.05, 0) is 29.8 Å². The summed E-state index contributed by atoms with van der Waals surface area (Å²) in [6.07, 6.45) is 1.86. The predicted octanol–water partition coefficient (Wildman–Crippen LogP) is 5.54. The van der Waals surface area contributed by atoms with Crippen molar-refractivity contribution in [2.45, 2.75) is 0 Å². The van der Waals surface area contributed by atoms with E-state index in [1.165, 1.54) is 38.3 Å². The topological polar surface area (TPSA) is 28.7 Å². The molecule has 1 N–H and O–H groups in total. The van der Waals surface area contributed by atoms with Crippen LogP contribution in [-0.4, -0.2) is 9.97 Å². The summed E-state index contributed by atoms with van der Waals surface area (Å²) < 4.78 is 0. The number of hydrogen-bond acceptors (Lipinski definition) is 1. The Morgan fingerprint density at radius 3 is 2.57 bits per heavy atom. The van der Waals surface area contributed by atoms with Gasteiger partial charge in [-0.3, -0.25) is 4.98 Å². The molecule has 0 radical (unpaired) electrons. The fourth-order valence-electron chi connectivity index (χ4n) is 3.35. The van der Waals surface area contributed by atoms with Crippen molar-refractivity contribution in [1.29, 1.82) is 0 Å². The molecule has 0 atom stereocenters. The summed E-state index contributed by atoms with van der Waals surface area (Å²) in [4.78, 5) is 8.06. The smallest absolute Gasteiger partial charge is 0.0780 e. The van der Waals surface area contributed by atoms with Crippen LogP contribution in [0.15, 0.2) is 79.0 Å². The Morgan fingerprint density at radius 2 is 1.57 bits per heavy atom. The van der Waals surface area contributed by atoms with E-state index in [1.807, 2.05) is 12.3 Å². The molecule has 5 aromatic rings. The average molecular weight is 294 g/mol. The molecule has 2 nitrogen and oxygen atoms in total. The van der Waals surface area contributed by atoms with Crippen LogP contribution in [0.4, 0.5) is 0 Å². The van der Waals surface area contributed by atoms with E-state index in [-0.39, 0.29) is 0 Å². The van der Waals surface area contributed by atoms with Crippen molar-refractivity contribution in [2.24, 2.45) is 0 Å². The summed E-state index contributed by atoms with van der Waals surface area (Å²) in [6.45, 7) is 0. The van der Waals surface area contributed by atoms with Crippen molar-refractivity contribution in [3.05, 3.63) is 79.0 Å². The average Bonchev–Trinajstić information content (AvgIpc) is 2.99. The number of nitrogens with zero attached hydrogens (tertiary/aromatic N) is 1. The van der Waals surface area contributed by atoms with Gasteiger partial charge < -0.3 is 4.98 Å². The molecule has 0 aliphatic carbocycles. The predicted molar refractivity (Wildman–Crippen MR) is 96.5 cm³/mol. The number of fused-ring (bicyclic) bond motifs is 4. The summed E-state index contributed by atoms with van der Waals surface area (Å²) in [5.41, 5.74) is 5.77. The van der Waals surface area contributed by atoms with E-state index in [2.05, 4.69) is 76.7 Å². The Bertz CT molecular complexity index is 1160. The molecular formula is C21H14N2. The van der Waals surface area contributed by atoms with Gasteiger partial charge in [0.25, 0.3) is 0 Å². The van der Waals surface area contributed by atoms with Crippen LogP contribution in [0.3, 0.4) is 0 Å². The quantitative estimate of drug-likeness (QED) is 0.432. The van der Waals surface area contributed by atoms with Gasteiger partial charge in [-0.15, -0.1) is 0 Å². The first-order valence-electron chi connectivity index (χ1n) is 7.75. The molecule has 0 fully saturated rings. The van der Waals surface area contributed by atoms with Crippen LogP contribution in [-0.2, 0) is 0 Å². The summed E-state index contributed by atoms with van der Waals surface area (Å²) in [5.74, 6) is 0. The number of pyridine rings is 1. The summed E-state index contributed by atoms with van der Waals surface area (Å²) in [5, 5.41) is 3.69. The third kappa shape index (κ3) is 1.85. The van der Waals surface area contributed by atoms with Crippen LogP contribution >= 0.6 is 0 Å². The molecule has 108 valence electrons. The van der Waals surface area contributed by atoms with Gasteiger partial charge in [0, 0.05) is 39.0 Å². The van der Waals surface area contributed by atoms with Crippen LogP contribution in [0.5, 0.6) is 0 Å². The highest BCUT2D eigenvalue weighted by Gasteiger charge is 2.08. The molecule has 0 bridgehead atoms. The lowest BCUT2D eigenvalue weighted by Crippen LogP contribution is -1.84. The minimum atomic E-state index is 1.05. The molecule has 0 amide bonds. The van der Waals surface area contributed by atoms with E-state index in [0.717, 1.165) is 5.52 Å². The lowest BCUT2D eigenvalue weighted by molar-refractivity contribution is 1.41. The van der Waals surface area contributed by atoms with Crippen molar-refractivity contribution in [3.63, 3.8) is 0 Å². The molecule has 2 heterocycles. The van der Waals surface area contributed by atoms with Crippen LogP contribution in [0.1, 0.15) is 0 Å². The molecule has 0 unspecified atom stereocenters. The highest BCUT2D eigenvalue weighted by Crippen LogP contribution is 2.32. The van der Waals surface area contributed by atoms with Gasteiger partial charge in [0.2, 0.25) is 0 Å². The number of hydrogen-bond donors (Lipinski definition) is 1. The van der Waals surface area contributed by atoms with E-state index < -0.39 is 0 Å². The lowest BCUT2D eigenvalue weighted by Gasteiger charge is -2.06. The third-order valence-corrected chi connectivity index (χ3v) is 4.45. The molecule has 3 aromatic carbocycles. The highest BCUT2D eigenvalue weighted by atomic mass is 14.7. The first-order chi connectivity index (χ1) is 11.4. The van der Waals surface area contributed by atoms with Gasteiger partial charge in [0.05, 0.1) is 5.52 Å². The molecule has 0 aliphatic rings. The fraction of sp³-hybridized carbons (Fsp3) is 0. The molecule has 0 saturated heterocycles. The molecule has 5 rings (SSSR count). The van der Waals surface area contributed by atoms with Crippen molar-refractivity contribution >= 4 is 32.7 Å². The second kappa shape index (κ2) is 4.68. The summed E-state index contributed by atoms with van der Waals surface area (Å²) >= 11 is 0. The van der Waals surface area contributed by atoms with Gasteiger partial charge in [0.15, 0.2) is 0 Å². The Kier molecular flexibility index (Phi) is 2.53. The van der Waals surface area contributed by atoms with Crippen molar-refractivity contribution in [3.8, 4) is 11.1 Å². The normalized spacial score (nSPS) is 11.5. The zero-order valence-electron chi connectivity index (χ0n) is 12.5. The second-order valence-corrected chi connectivity index (χ2v) is 5.81. The molecule has 2 heteroatoms. The third-order valence-electron chi connectivity index (χ3n) is 4.45. The van der Waals surface area contributed by atoms with Gasteiger partial charge in [0.1, 0.15) is 0 Å². The highest BCUT2D eigenvalue weighted by molar-refractivity contribution is 6.09. The number of aromatic nitrogens is 2. The summed E-state index contributed by atoms with van der Waals surface area (Å²) in [7, 11) is 0. The number of H-pyrrole nitrogens is 1. The summed E-state index contributed by atoms with van der Waals surface area (Å²) in [6, 6.07) is 25.5. The number of rotatable bonds is 1. The Hall–Kier alpha value is -3.13. The first kappa shape index (κ1) is 12.4. The van der Waals surface area contributed by atoms with Crippen LogP contribution < -0.4 is 0 Å². The molecule has 0 spiro atoms. The standard InChI is InChI=1S/C21H14N2/c1-2-9-19-17(7-1)18-13-15(10-11-20(18)23-19)16-8-3-5-14-6-4-12-22-21(14)16/h1-13,23H. The maximum atomic E-state index is 4.58. The number of nitrogens with one attached hydrogen (secondary N) is 1. The minimum absolute atomic E-state index is 1.05. The van der Waals surface area contributed by atoms with Crippen molar-refractivity contribution in [2.75, 3.05) is 0 Å². The van der Waals surface area contributed by atoms with Crippen molar-refractivity contribution in [1.82, 2.24) is 9.97 Å². The largest absolute Gasteiger partial charge is 0.355 e. The van der Waals surface area contributed by atoms with Crippen molar-refractivity contribution < 1.29 is 0 Å². The second-order valence-electron chi connectivity index (χ2n) is 5.81. The van der Waals surface area contributed by atoms with Crippen LogP contribution in [0.2, 0.25) is 0 Å². The molecule has 23 heavy (non-hydrogen) atoms. The molecule has 0 aliphatic heterocycles. The monoisotopic (exact) mass is 294 g/mol. The van der Waals surface area contributed by atoms with Gasteiger partial charge in [-0.1, -0.05) is 48.5 Å². The zero-order chi connectivity index (χ0) is 15.2. The SMILES string of the molecule is c1cnc2c(-c3ccc4[nH]c5ccccc5c4c3)cccc2c1. The van der Waals surface area contributed by atoms with E-state index in [4.69, 9.17) is 0 Å². The van der Waals surface area contributed by atoms with Gasteiger partial charge in [-0.2, -0.15) is 0 Å². The number of aromatic amines is 1. The van der Waals surface area contributed by atoms with E-state index in [1.54, 1.807) is 0 Å². The van der Waals surface area contributed by atoms with Gasteiger partial charge in [-0.25, -0.2) is 0 Å². The minimum Gasteiger partial charge on any atom is -0.355 e. The maximum absolute atomic E-state index is 4.58. The number of benzene rings is 3.